The van der Waals surface area contributed by atoms with Crippen molar-refractivity contribution < 1.29 is 46.2 Å². The number of para-hydroxylation sites is 1. The number of allylic oxidation sites excluding steroid dienone is 1. The third-order valence-corrected chi connectivity index (χ3v) is 14.9. The summed E-state index contributed by atoms with van der Waals surface area (Å²) in [7, 11) is -3.93. The fourth-order valence-corrected chi connectivity index (χ4v) is 10.4. The van der Waals surface area contributed by atoms with Gasteiger partial charge >= 0.3 is 6.09 Å². The van der Waals surface area contributed by atoms with Crippen LogP contribution in [0.3, 0.4) is 0 Å². The highest BCUT2D eigenvalue weighted by molar-refractivity contribution is 7.91. The van der Waals surface area contributed by atoms with Crippen LogP contribution in [0.5, 0.6) is 5.88 Å². The van der Waals surface area contributed by atoms with Crippen LogP contribution in [0.4, 0.5) is 4.79 Å². The zero-order chi connectivity index (χ0) is 44.8. The SMILES string of the molecule is CC(C)(C)c1ccc(-c2nc(O[C@@H]3C[C@H]4C(=O)N[C@]5(C(=O)NS(=O)(=O)C6CC6)C[C@H]5C=CCCCCC[C@H](NC(=O)OC5CCOCC5)C(=O)N4C3)c3oc4ccccc4c3n2)cc1. The fourth-order valence-electron chi connectivity index (χ4n) is 9.02. The van der Waals surface area contributed by atoms with E-state index in [1.807, 2.05) is 60.7 Å². The number of carbonyl (C=O) groups is 4. The Labute approximate surface area is 372 Å². The van der Waals surface area contributed by atoms with Crippen LogP contribution in [0.15, 0.2) is 65.1 Å². The topological polar surface area (TPSA) is 208 Å². The van der Waals surface area contributed by atoms with Gasteiger partial charge in [0.25, 0.3) is 11.8 Å². The second kappa shape index (κ2) is 17.4. The maximum Gasteiger partial charge on any atom is 0.408 e. The van der Waals surface area contributed by atoms with Gasteiger partial charge in [0.1, 0.15) is 40.9 Å². The Kier molecular flexibility index (Phi) is 11.9. The van der Waals surface area contributed by atoms with Crippen LogP contribution in [-0.4, -0.2) is 102 Å². The van der Waals surface area contributed by atoms with E-state index < -0.39 is 68.7 Å². The smallest absolute Gasteiger partial charge is 0.408 e. The quantitative estimate of drug-likeness (QED) is 0.175. The lowest BCUT2D eigenvalue weighted by molar-refractivity contribution is -0.141. The maximum atomic E-state index is 14.9. The molecular weight excluding hydrogens is 841 g/mol. The van der Waals surface area contributed by atoms with Gasteiger partial charge in [0.15, 0.2) is 5.82 Å². The van der Waals surface area contributed by atoms with Crippen LogP contribution in [0, 0.1) is 5.92 Å². The van der Waals surface area contributed by atoms with Gasteiger partial charge in [-0.2, -0.15) is 4.98 Å². The number of carbonyl (C=O) groups excluding carboxylic acids is 4. The van der Waals surface area contributed by atoms with Gasteiger partial charge in [0.05, 0.1) is 25.0 Å². The van der Waals surface area contributed by atoms with Crippen molar-refractivity contribution in [2.24, 2.45) is 5.92 Å². The molecule has 0 spiro atoms. The number of sulfonamides is 1. The molecule has 2 saturated carbocycles. The number of nitrogens with zero attached hydrogens (tertiary/aromatic N) is 3. The number of aromatic nitrogens is 2. The first kappa shape index (κ1) is 43.7. The first-order chi connectivity index (χ1) is 30.7. The van der Waals surface area contributed by atoms with E-state index in [0.29, 0.717) is 80.7 Å². The van der Waals surface area contributed by atoms with Crippen molar-refractivity contribution in [3.8, 4) is 17.3 Å². The summed E-state index contributed by atoms with van der Waals surface area (Å²) in [6.45, 7) is 7.27. The average Bonchev–Trinajstić information content (AvgIpc) is 4.17. The highest BCUT2D eigenvalue weighted by Gasteiger charge is 2.62. The Morgan fingerprint density at radius 3 is 2.45 bits per heavy atom. The Bertz CT molecular complexity index is 2580. The monoisotopic (exact) mass is 896 g/mol. The van der Waals surface area contributed by atoms with Crippen molar-refractivity contribution in [2.75, 3.05) is 19.8 Å². The molecule has 0 radical (unpaired) electrons. The van der Waals surface area contributed by atoms with Crippen molar-refractivity contribution >= 4 is 55.9 Å². The lowest BCUT2D eigenvalue weighted by Crippen LogP contribution is -2.58. The number of hydrogen-bond acceptors (Lipinski definition) is 12. The van der Waals surface area contributed by atoms with Crippen LogP contribution in [-0.2, 0) is 39.3 Å². The molecule has 9 rings (SSSR count). The molecule has 2 aliphatic carbocycles. The third-order valence-electron chi connectivity index (χ3n) is 13.1. The number of amides is 4. The molecule has 4 aromatic rings. The summed E-state index contributed by atoms with van der Waals surface area (Å²) in [5, 5.41) is 5.84. The van der Waals surface area contributed by atoms with Crippen molar-refractivity contribution in [2.45, 2.75) is 132 Å². The number of benzene rings is 2. The van der Waals surface area contributed by atoms with Crippen LogP contribution in [0.25, 0.3) is 33.5 Å². The Hall–Kier alpha value is -5.55. The molecular formula is C47H56N6O10S. The number of ether oxygens (including phenoxy) is 3. The highest BCUT2D eigenvalue weighted by atomic mass is 32.2. The molecule has 2 saturated heterocycles. The molecule has 3 N–H and O–H groups in total. The number of fused-ring (bicyclic) bond motifs is 5. The molecule has 5 atom stereocenters. The normalized spacial score (nSPS) is 26.0. The Morgan fingerprint density at radius 1 is 0.938 bits per heavy atom. The van der Waals surface area contributed by atoms with Gasteiger partial charge in [-0.05, 0) is 61.6 Å². The van der Waals surface area contributed by atoms with Crippen molar-refractivity contribution in [3.05, 3.63) is 66.2 Å². The molecule has 4 amide bonds. The predicted octanol–water partition coefficient (Wildman–Crippen LogP) is 5.97. The first-order valence-corrected chi connectivity index (χ1v) is 24.1. The highest BCUT2D eigenvalue weighted by Crippen LogP contribution is 2.46. The summed E-state index contributed by atoms with van der Waals surface area (Å²) >= 11 is 0. The number of alkyl carbamates (subject to hydrolysis) is 1. The second-order valence-electron chi connectivity index (χ2n) is 18.9. The van der Waals surface area contributed by atoms with Crippen LogP contribution >= 0.6 is 0 Å². The molecule has 64 heavy (non-hydrogen) atoms. The summed E-state index contributed by atoms with van der Waals surface area (Å²) in [5.74, 6) is -1.90. The van der Waals surface area contributed by atoms with Gasteiger partial charge in [-0.15, -0.1) is 0 Å². The zero-order valence-electron chi connectivity index (χ0n) is 36.5. The Balaban J connectivity index is 1.05. The number of furan rings is 1. The largest absolute Gasteiger partial charge is 0.470 e. The molecule has 5 heterocycles. The van der Waals surface area contributed by atoms with Crippen LogP contribution in [0.2, 0.25) is 0 Å². The molecule has 3 aliphatic heterocycles. The fraction of sp³-hybridized carbons (Fsp3) is 0.532. The van der Waals surface area contributed by atoms with Crippen LogP contribution < -0.4 is 20.1 Å². The summed E-state index contributed by atoms with van der Waals surface area (Å²) in [6, 6.07) is 13.3. The molecule has 340 valence electrons. The van der Waals surface area contributed by atoms with Crippen molar-refractivity contribution in [1.29, 1.82) is 0 Å². The standard InChI is InChI=1S/C47H56N6O10S/c1-46(2,3)29-17-15-28(16-18-29)40-49-38-34-12-9-10-14-37(34)63-39(38)42(50-40)61-32-25-36-41(54)51-47(44(56)52-64(58,59)33-19-20-33)26-30(47)11-7-5-4-6-8-13-35(43(55)53(36)27-32)48-45(57)62-31-21-23-60-24-22-31/h7,9-12,14-18,30-33,35-36H,4-6,8,13,19-27H2,1-3H3,(H,48,57)(H,51,54)(H,52,56)/t30-,32-,35+,36+,47-/m1/s1. The first-order valence-electron chi connectivity index (χ1n) is 22.6. The molecule has 2 aromatic heterocycles. The average molecular weight is 897 g/mol. The zero-order valence-corrected chi connectivity index (χ0v) is 37.3. The maximum absolute atomic E-state index is 14.9. The lowest BCUT2D eigenvalue weighted by Gasteiger charge is -2.30. The molecule has 4 fully saturated rings. The summed E-state index contributed by atoms with van der Waals surface area (Å²) < 4.78 is 52.4. The van der Waals surface area contributed by atoms with E-state index in [1.54, 1.807) is 0 Å². The minimum Gasteiger partial charge on any atom is -0.470 e. The van der Waals surface area contributed by atoms with Gasteiger partial charge < -0.3 is 34.2 Å². The van der Waals surface area contributed by atoms with E-state index in [2.05, 4.69) is 36.1 Å². The summed E-state index contributed by atoms with van der Waals surface area (Å²) in [5.41, 5.74) is 1.68. The lowest BCUT2D eigenvalue weighted by atomic mass is 9.87. The van der Waals surface area contributed by atoms with Gasteiger partial charge in [-0.3, -0.25) is 19.1 Å². The molecule has 16 nitrogen and oxygen atoms in total. The van der Waals surface area contributed by atoms with Crippen molar-refractivity contribution in [3.63, 3.8) is 0 Å². The molecule has 0 unspecified atom stereocenters. The van der Waals surface area contributed by atoms with Crippen molar-refractivity contribution in [1.82, 2.24) is 30.2 Å². The molecule has 5 aliphatic rings. The second-order valence-corrected chi connectivity index (χ2v) is 20.8. The minimum absolute atomic E-state index is 0.0171. The third kappa shape index (κ3) is 9.19. The van der Waals surface area contributed by atoms with E-state index in [0.717, 1.165) is 29.4 Å². The van der Waals surface area contributed by atoms with Gasteiger partial charge in [0.2, 0.25) is 27.4 Å². The van der Waals surface area contributed by atoms with Crippen LogP contribution in [0.1, 0.15) is 97.0 Å². The number of rotatable bonds is 8. The van der Waals surface area contributed by atoms with Gasteiger partial charge in [-0.1, -0.05) is 82.2 Å². The molecule has 0 bridgehead atoms. The van der Waals surface area contributed by atoms with E-state index >= 15 is 0 Å². The van der Waals surface area contributed by atoms with E-state index in [9.17, 15) is 27.6 Å². The van der Waals surface area contributed by atoms with E-state index in [1.165, 1.54) is 4.90 Å². The summed E-state index contributed by atoms with van der Waals surface area (Å²) in [6.07, 6.45) is 7.18. The van der Waals surface area contributed by atoms with Gasteiger partial charge in [-0.25, -0.2) is 18.2 Å². The molecule has 2 aromatic carbocycles. The minimum atomic E-state index is -3.93. The van der Waals surface area contributed by atoms with E-state index in [-0.39, 0.29) is 36.8 Å². The van der Waals surface area contributed by atoms with Gasteiger partial charge in [0, 0.05) is 36.1 Å². The number of hydrogen-bond donors (Lipinski definition) is 3. The number of nitrogens with one attached hydrogen (secondary N) is 3. The van der Waals surface area contributed by atoms with E-state index in [4.69, 9.17) is 28.6 Å². The Morgan fingerprint density at radius 2 is 1.70 bits per heavy atom. The predicted molar refractivity (Wildman–Crippen MR) is 237 cm³/mol. The summed E-state index contributed by atoms with van der Waals surface area (Å²) in [4.78, 5) is 68.1. The molecule has 17 heteroatoms.